The van der Waals surface area contributed by atoms with Gasteiger partial charge in [-0.25, -0.2) is 0 Å². The summed E-state index contributed by atoms with van der Waals surface area (Å²) in [7, 11) is 3.72. The largest absolute Gasteiger partial charge is 0.378 e. The zero-order valence-electron chi connectivity index (χ0n) is 16.2. The van der Waals surface area contributed by atoms with Gasteiger partial charge in [0.2, 0.25) is 0 Å². The number of amides is 1. The van der Waals surface area contributed by atoms with E-state index in [1.807, 2.05) is 44.6 Å². The molecule has 0 bridgehead atoms. The van der Waals surface area contributed by atoms with E-state index in [0.29, 0.717) is 6.54 Å². The zero-order valence-corrected chi connectivity index (χ0v) is 17.0. The van der Waals surface area contributed by atoms with Crippen molar-refractivity contribution in [1.82, 2.24) is 14.7 Å². The maximum Gasteiger partial charge on any atom is 0.264 e. The molecule has 1 aromatic carbocycles. The molecule has 6 nitrogen and oxygen atoms in total. The normalized spacial score (nSPS) is 14.3. The van der Waals surface area contributed by atoms with Crippen LogP contribution in [0.15, 0.2) is 48.8 Å². The average molecular weight is 397 g/mol. The lowest BCUT2D eigenvalue weighted by atomic mass is 10.1. The van der Waals surface area contributed by atoms with Crippen LogP contribution in [0.2, 0.25) is 0 Å². The van der Waals surface area contributed by atoms with Crippen molar-refractivity contribution in [3.63, 3.8) is 0 Å². The monoisotopic (exact) mass is 396 g/mol. The molecular formula is C21H24N4O2S. The molecule has 0 atom stereocenters. The highest BCUT2D eigenvalue weighted by molar-refractivity contribution is 7.18. The van der Waals surface area contributed by atoms with Crippen molar-refractivity contribution in [3.05, 3.63) is 59.2 Å². The van der Waals surface area contributed by atoms with Gasteiger partial charge in [0.15, 0.2) is 0 Å². The van der Waals surface area contributed by atoms with Gasteiger partial charge in [-0.1, -0.05) is 30.3 Å². The van der Waals surface area contributed by atoms with Crippen molar-refractivity contribution in [1.29, 1.82) is 0 Å². The lowest BCUT2D eigenvalue weighted by Gasteiger charge is -2.28. The van der Waals surface area contributed by atoms with E-state index in [9.17, 15) is 4.79 Å². The smallest absolute Gasteiger partial charge is 0.264 e. The quantitative estimate of drug-likeness (QED) is 0.664. The summed E-state index contributed by atoms with van der Waals surface area (Å²) < 4.78 is 7.26. The molecule has 7 heteroatoms. The molecule has 0 aliphatic carbocycles. The van der Waals surface area contributed by atoms with E-state index in [2.05, 4.69) is 22.1 Å². The Morgan fingerprint density at radius 2 is 2.00 bits per heavy atom. The molecule has 0 radical (unpaired) electrons. The summed E-state index contributed by atoms with van der Waals surface area (Å²) in [5.74, 6) is 0.0329. The zero-order chi connectivity index (χ0) is 19.5. The van der Waals surface area contributed by atoms with Gasteiger partial charge in [0, 0.05) is 51.1 Å². The number of carbonyl (C=O) groups excluding carboxylic acids is 1. The van der Waals surface area contributed by atoms with Crippen LogP contribution in [0.5, 0.6) is 0 Å². The van der Waals surface area contributed by atoms with Crippen LogP contribution in [0, 0.1) is 0 Å². The molecule has 0 saturated carbocycles. The average Bonchev–Trinajstić information content (AvgIpc) is 3.35. The van der Waals surface area contributed by atoms with Gasteiger partial charge < -0.3 is 14.5 Å². The number of nitrogens with zero attached hydrogens (tertiary/aromatic N) is 4. The fourth-order valence-electron chi connectivity index (χ4n) is 3.40. The molecule has 2 aromatic heterocycles. The molecule has 1 fully saturated rings. The van der Waals surface area contributed by atoms with E-state index in [4.69, 9.17) is 4.74 Å². The molecule has 28 heavy (non-hydrogen) atoms. The Balaban J connectivity index is 1.63. The summed E-state index contributed by atoms with van der Waals surface area (Å²) in [6.07, 6.45) is 3.74. The number of ether oxygens (including phenoxy) is 1. The van der Waals surface area contributed by atoms with Gasteiger partial charge in [0.1, 0.15) is 0 Å². The number of morpholine rings is 1. The van der Waals surface area contributed by atoms with E-state index < -0.39 is 0 Å². The van der Waals surface area contributed by atoms with Crippen LogP contribution in [0.1, 0.15) is 15.2 Å². The fourth-order valence-corrected chi connectivity index (χ4v) is 4.63. The van der Waals surface area contributed by atoms with Gasteiger partial charge in [0.05, 0.1) is 29.3 Å². The minimum absolute atomic E-state index is 0.0329. The standard InChI is InChI=1S/C21H24N4O2S/c1-23(14-16-13-22-24(2)15-16)20(26)19-12-18(17-6-4-3-5-7-17)21(28-19)25-8-10-27-11-9-25/h3-7,12-13,15H,8-11,14H2,1-2H3. The molecule has 0 spiro atoms. The van der Waals surface area contributed by atoms with E-state index in [0.717, 1.165) is 52.9 Å². The van der Waals surface area contributed by atoms with Crippen LogP contribution in [0.4, 0.5) is 5.00 Å². The van der Waals surface area contributed by atoms with Crippen molar-refractivity contribution in [2.45, 2.75) is 6.54 Å². The number of hydrogen-bond acceptors (Lipinski definition) is 5. The topological polar surface area (TPSA) is 50.6 Å². The van der Waals surface area contributed by atoms with Crippen LogP contribution in [0.3, 0.4) is 0 Å². The molecule has 1 amide bonds. The molecule has 0 N–H and O–H groups in total. The maximum atomic E-state index is 13.1. The van der Waals surface area contributed by atoms with E-state index in [1.165, 1.54) is 0 Å². The van der Waals surface area contributed by atoms with Crippen LogP contribution >= 0.6 is 11.3 Å². The SMILES string of the molecule is CN(Cc1cnn(C)c1)C(=O)c1cc(-c2ccccc2)c(N2CCOCC2)s1. The summed E-state index contributed by atoms with van der Waals surface area (Å²) in [5, 5.41) is 5.33. The summed E-state index contributed by atoms with van der Waals surface area (Å²) in [5.41, 5.74) is 3.27. The van der Waals surface area contributed by atoms with Crippen LogP contribution in [-0.4, -0.2) is 53.9 Å². The first-order chi connectivity index (χ1) is 13.6. The van der Waals surface area contributed by atoms with E-state index in [-0.39, 0.29) is 5.91 Å². The predicted molar refractivity (Wildman–Crippen MR) is 112 cm³/mol. The second kappa shape index (κ2) is 8.16. The summed E-state index contributed by atoms with van der Waals surface area (Å²) in [6, 6.07) is 12.3. The lowest BCUT2D eigenvalue weighted by molar-refractivity contribution is 0.0790. The lowest BCUT2D eigenvalue weighted by Crippen LogP contribution is -2.35. The first-order valence-electron chi connectivity index (χ1n) is 9.37. The Hall–Kier alpha value is -2.64. The minimum atomic E-state index is 0.0329. The van der Waals surface area contributed by atoms with Gasteiger partial charge in [-0.05, 0) is 11.6 Å². The Kier molecular flexibility index (Phi) is 5.45. The van der Waals surface area contributed by atoms with Crippen molar-refractivity contribution in [2.75, 3.05) is 38.3 Å². The number of anilines is 1. The first kappa shape index (κ1) is 18.7. The van der Waals surface area contributed by atoms with Crippen LogP contribution < -0.4 is 4.90 Å². The Labute approximate surface area is 169 Å². The van der Waals surface area contributed by atoms with Crippen molar-refractivity contribution < 1.29 is 9.53 Å². The minimum Gasteiger partial charge on any atom is -0.378 e. The highest BCUT2D eigenvalue weighted by Gasteiger charge is 2.23. The van der Waals surface area contributed by atoms with Gasteiger partial charge in [0.25, 0.3) is 5.91 Å². The molecule has 4 rings (SSSR count). The fraction of sp³-hybridized carbons (Fsp3) is 0.333. The van der Waals surface area contributed by atoms with Crippen molar-refractivity contribution in [2.24, 2.45) is 7.05 Å². The van der Waals surface area contributed by atoms with Gasteiger partial charge >= 0.3 is 0 Å². The molecule has 0 unspecified atom stereocenters. The highest BCUT2D eigenvalue weighted by atomic mass is 32.1. The maximum absolute atomic E-state index is 13.1. The van der Waals surface area contributed by atoms with E-state index >= 15 is 0 Å². The van der Waals surface area contributed by atoms with Crippen molar-refractivity contribution in [3.8, 4) is 11.1 Å². The molecule has 1 aliphatic heterocycles. The Morgan fingerprint density at radius 3 is 2.68 bits per heavy atom. The van der Waals surface area contributed by atoms with Crippen LogP contribution in [-0.2, 0) is 18.3 Å². The number of aromatic nitrogens is 2. The van der Waals surface area contributed by atoms with E-state index in [1.54, 1.807) is 27.1 Å². The highest BCUT2D eigenvalue weighted by Crippen LogP contribution is 2.39. The summed E-state index contributed by atoms with van der Waals surface area (Å²) in [6.45, 7) is 3.67. The summed E-state index contributed by atoms with van der Waals surface area (Å²) >= 11 is 1.57. The molecule has 3 heterocycles. The first-order valence-corrected chi connectivity index (χ1v) is 10.2. The number of benzene rings is 1. The molecule has 146 valence electrons. The Bertz CT molecular complexity index is 944. The molecule has 1 aliphatic rings. The second-order valence-electron chi connectivity index (χ2n) is 6.98. The number of carbonyl (C=O) groups is 1. The molecule has 3 aromatic rings. The third kappa shape index (κ3) is 3.95. The van der Waals surface area contributed by atoms with Crippen LogP contribution in [0.25, 0.3) is 11.1 Å². The molecular weight excluding hydrogens is 372 g/mol. The molecule has 1 saturated heterocycles. The second-order valence-corrected chi connectivity index (χ2v) is 8.01. The predicted octanol–water partition coefficient (Wildman–Crippen LogP) is 3.26. The number of thiophene rings is 1. The third-order valence-electron chi connectivity index (χ3n) is 4.83. The number of hydrogen-bond donors (Lipinski definition) is 0. The number of aryl methyl sites for hydroxylation is 1. The van der Waals surface area contributed by atoms with Gasteiger partial charge in [-0.2, -0.15) is 5.10 Å². The number of rotatable bonds is 5. The van der Waals surface area contributed by atoms with Crippen molar-refractivity contribution >= 4 is 22.2 Å². The third-order valence-corrected chi connectivity index (χ3v) is 6.01. The Morgan fingerprint density at radius 1 is 1.25 bits per heavy atom. The van der Waals surface area contributed by atoms with Gasteiger partial charge in [-0.3, -0.25) is 9.48 Å². The summed E-state index contributed by atoms with van der Waals surface area (Å²) in [4.78, 5) is 17.9. The van der Waals surface area contributed by atoms with Gasteiger partial charge in [-0.15, -0.1) is 11.3 Å².